The fourth-order valence-corrected chi connectivity index (χ4v) is 6.07. The summed E-state index contributed by atoms with van der Waals surface area (Å²) in [6, 6.07) is 14.3. The Balaban J connectivity index is 1.41. The first-order valence-electron chi connectivity index (χ1n) is 12.9. The summed E-state index contributed by atoms with van der Waals surface area (Å²) in [6.07, 6.45) is -3.27. The molecule has 3 aliphatic heterocycles. The SMILES string of the molecule is CC1CN(C(=O)C2Cc3cc(C(F)(F)F)ccc3N3CCN(CCc4ccccc4)CC23)CC(C)O1. The number of benzene rings is 2. The van der Waals surface area contributed by atoms with Crippen molar-refractivity contribution in [2.75, 3.05) is 44.2 Å². The van der Waals surface area contributed by atoms with Crippen molar-refractivity contribution in [3.63, 3.8) is 0 Å². The molecule has 0 aromatic heterocycles. The van der Waals surface area contributed by atoms with Crippen molar-refractivity contribution >= 4 is 11.6 Å². The highest BCUT2D eigenvalue weighted by atomic mass is 19.4. The predicted octanol–water partition coefficient (Wildman–Crippen LogP) is 4.25. The fraction of sp³-hybridized carbons (Fsp3) is 0.536. The Bertz CT molecular complexity index is 1070. The standard InChI is InChI=1S/C28H34F3N3O2/c1-19-16-33(17-20(2)36-19)27(35)24-15-22-14-23(28(29,30)31)8-9-25(22)34-13-12-32(18-26(24)34)11-10-21-6-4-3-5-7-21/h3-9,14,19-20,24,26H,10-13,15-18H2,1-2H3. The maximum absolute atomic E-state index is 13.9. The molecular weight excluding hydrogens is 467 g/mol. The van der Waals surface area contributed by atoms with Crippen molar-refractivity contribution < 1.29 is 22.7 Å². The van der Waals surface area contributed by atoms with Gasteiger partial charge in [-0.1, -0.05) is 30.3 Å². The molecule has 8 heteroatoms. The number of rotatable bonds is 4. The second-order valence-corrected chi connectivity index (χ2v) is 10.4. The topological polar surface area (TPSA) is 36.0 Å². The lowest BCUT2D eigenvalue weighted by molar-refractivity contribution is -0.148. The zero-order valence-electron chi connectivity index (χ0n) is 20.9. The molecule has 0 radical (unpaired) electrons. The molecule has 2 aromatic carbocycles. The molecule has 4 atom stereocenters. The van der Waals surface area contributed by atoms with Gasteiger partial charge in [-0.05, 0) is 56.0 Å². The maximum Gasteiger partial charge on any atom is 0.416 e. The van der Waals surface area contributed by atoms with E-state index in [0.29, 0.717) is 31.6 Å². The molecule has 5 nitrogen and oxygen atoms in total. The normalized spacial score (nSPS) is 26.9. The van der Waals surface area contributed by atoms with Crippen LogP contribution in [0.5, 0.6) is 0 Å². The number of morpholine rings is 1. The molecule has 194 valence electrons. The molecule has 2 fully saturated rings. The lowest BCUT2D eigenvalue weighted by atomic mass is 9.82. The van der Waals surface area contributed by atoms with E-state index >= 15 is 0 Å². The zero-order chi connectivity index (χ0) is 25.4. The van der Waals surface area contributed by atoms with Crippen LogP contribution in [0.2, 0.25) is 0 Å². The molecule has 2 aromatic rings. The van der Waals surface area contributed by atoms with Crippen LogP contribution < -0.4 is 4.90 Å². The van der Waals surface area contributed by atoms with E-state index in [2.05, 4.69) is 21.9 Å². The lowest BCUT2D eigenvalue weighted by Gasteiger charge is -2.50. The number of alkyl halides is 3. The van der Waals surface area contributed by atoms with Gasteiger partial charge in [-0.3, -0.25) is 9.69 Å². The zero-order valence-corrected chi connectivity index (χ0v) is 20.9. The number of carbonyl (C=O) groups excluding carboxylic acids is 1. The van der Waals surface area contributed by atoms with Crippen LogP contribution in [0.25, 0.3) is 0 Å². The van der Waals surface area contributed by atoms with E-state index in [4.69, 9.17) is 4.74 Å². The summed E-state index contributed by atoms with van der Waals surface area (Å²) in [7, 11) is 0. The lowest BCUT2D eigenvalue weighted by Crippen LogP contribution is -2.62. The number of anilines is 1. The Morgan fingerprint density at radius 1 is 1.00 bits per heavy atom. The summed E-state index contributed by atoms with van der Waals surface area (Å²) < 4.78 is 46.3. The van der Waals surface area contributed by atoms with Crippen LogP contribution in [0.1, 0.15) is 30.5 Å². The third kappa shape index (κ3) is 5.25. The minimum Gasteiger partial charge on any atom is -0.372 e. The molecule has 36 heavy (non-hydrogen) atoms. The summed E-state index contributed by atoms with van der Waals surface area (Å²) in [6.45, 7) is 8.06. The van der Waals surface area contributed by atoms with E-state index in [1.54, 1.807) is 6.07 Å². The Hall–Kier alpha value is -2.58. The second kappa shape index (κ2) is 10.1. The Morgan fingerprint density at radius 3 is 2.42 bits per heavy atom. The predicted molar refractivity (Wildman–Crippen MR) is 133 cm³/mol. The van der Waals surface area contributed by atoms with E-state index in [1.165, 1.54) is 17.7 Å². The van der Waals surface area contributed by atoms with Gasteiger partial charge < -0.3 is 14.5 Å². The number of hydrogen-bond acceptors (Lipinski definition) is 4. The van der Waals surface area contributed by atoms with Crippen molar-refractivity contribution in [2.45, 2.75) is 51.1 Å². The van der Waals surface area contributed by atoms with Gasteiger partial charge in [0.25, 0.3) is 0 Å². The van der Waals surface area contributed by atoms with Gasteiger partial charge in [-0.2, -0.15) is 13.2 Å². The molecule has 2 saturated heterocycles. The van der Waals surface area contributed by atoms with E-state index in [9.17, 15) is 18.0 Å². The number of hydrogen-bond donors (Lipinski definition) is 0. The van der Waals surface area contributed by atoms with E-state index < -0.39 is 17.7 Å². The molecule has 0 N–H and O–H groups in total. The van der Waals surface area contributed by atoms with Gasteiger partial charge in [0, 0.05) is 45.0 Å². The smallest absolute Gasteiger partial charge is 0.372 e. The van der Waals surface area contributed by atoms with Crippen LogP contribution >= 0.6 is 0 Å². The van der Waals surface area contributed by atoms with Gasteiger partial charge in [0.15, 0.2) is 0 Å². The number of nitrogens with zero attached hydrogens (tertiary/aromatic N) is 3. The van der Waals surface area contributed by atoms with E-state index in [1.807, 2.05) is 36.9 Å². The summed E-state index contributed by atoms with van der Waals surface area (Å²) in [5.41, 5.74) is 2.08. The highest BCUT2D eigenvalue weighted by Crippen LogP contribution is 2.40. The number of amides is 1. The monoisotopic (exact) mass is 501 g/mol. The van der Waals surface area contributed by atoms with Gasteiger partial charge in [0.2, 0.25) is 5.91 Å². The summed E-state index contributed by atoms with van der Waals surface area (Å²) in [4.78, 5) is 20.3. The first-order valence-corrected chi connectivity index (χ1v) is 12.9. The van der Waals surface area contributed by atoms with Gasteiger partial charge in [0.05, 0.1) is 29.7 Å². The first-order chi connectivity index (χ1) is 17.2. The number of carbonyl (C=O) groups is 1. The number of halogens is 3. The molecule has 4 unspecified atom stereocenters. The van der Waals surface area contributed by atoms with Crippen molar-refractivity contribution in [1.29, 1.82) is 0 Å². The quantitative estimate of drug-likeness (QED) is 0.628. The van der Waals surface area contributed by atoms with Crippen LogP contribution in [0, 0.1) is 5.92 Å². The molecule has 3 heterocycles. The molecular formula is C28H34F3N3O2. The van der Waals surface area contributed by atoms with Gasteiger partial charge in [0.1, 0.15) is 0 Å². The Morgan fingerprint density at radius 2 is 1.72 bits per heavy atom. The molecule has 5 rings (SSSR count). The second-order valence-electron chi connectivity index (χ2n) is 10.4. The Labute approximate surface area is 210 Å². The molecule has 0 saturated carbocycles. The van der Waals surface area contributed by atoms with Crippen molar-refractivity contribution in [1.82, 2.24) is 9.80 Å². The minimum atomic E-state index is -4.41. The van der Waals surface area contributed by atoms with E-state index in [-0.39, 0.29) is 24.2 Å². The minimum absolute atomic E-state index is 0.0278. The van der Waals surface area contributed by atoms with Crippen LogP contribution in [0.15, 0.2) is 48.5 Å². The van der Waals surface area contributed by atoms with Crippen LogP contribution in [0.4, 0.5) is 18.9 Å². The number of fused-ring (bicyclic) bond motifs is 3. The third-order valence-corrected chi connectivity index (χ3v) is 7.73. The van der Waals surface area contributed by atoms with Crippen LogP contribution in [-0.4, -0.2) is 73.2 Å². The summed E-state index contributed by atoms with van der Waals surface area (Å²) in [5.74, 6) is -0.363. The van der Waals surface area contributed by atoms with Crippen LogP contribution in [0.3, 0.4) is 0 Å². The fourth-order valence-electron chi connectivity index (χ4n) is 6.07. The average Bonchev–Trinajstić information content (AvgIpc) is 2.85. The average molecular weight is 502 g/mol. The van der Waals surface area contributed by atoms with Crippen molar-refractivity contribution in [3.05, 3.63) is 65.2 Å². The maximum atomic E-state index is 13.9. The third-order valence-electron chi connectivity index (χ3n) is 7.73. The molecule has 0 aliphatic carbocycles. The van der Waals surface area contributed by atoms with Gasteiger partial charge >= 0.3 is 6.18 Å². The first kappa shape index (κ1) is 25.1. The largest absolute Gasteiger partial charge is 0.416 e. The highest BCUT2D eigenvalue weighted by Gasteiger charge is 2.44. The van der Waals surface area contributed by atoms with Crippen molar-refractivity contribution in [2.24, 2.45) is 5.92 Å². The molecule has 1 amide bonds. The Kier molecular flexibility index (Phi) is 7.01. The van der Waals surface area contributed by atoms with Crippen molar-refractivity contribution in [3.8, 4) is 0 Å². The van der Waals surface area contributed by atoms with Gasteiger partial charge in [-0.15, -0.1) is 0 Å². The molecule has 0 bridgehead atoms. The molecule has 0 spiro atoms. The summed E-state index contributed by atoms with van der Waals surface area (Å²) >= 11 is 0. The summed E-state index contributed by atoms with van der Waals surface area (Å²) in [5, 5.41) is 0. The number of ether oxygens (including phenoxy) is 1. The van der Waals surface area contributed by atoms with E-state index in [0.717, 1.165) is 31.7 Å². The molecule has 3 aliphatic rings. The number of piperazine rings is 1. The highest BCUT2D eigenvalue weighted by molar-refractivity contribution is 5.82. The van der Waals surface area contributed by atoms with Crippen LogP contribution in [-0.2, 0) is 28.5 Å². The van der Waals surface area contributed by atoms with Gasteiger partial charge in [-0.25, -0.2) is 0 Å².